The number of rotatable bonds is 4. The van der Waals surface area contributed by atoms with Gasteiger partial charge in [-0.2, -0.15) is 0 Å². The van der Waals surface area contributed by atoms with Gasteiger partial charge in [-0.05, 0) is 12.8 Å². The normalized spacial score (nSPS) is 18.3. The van der Waals surface area contributed by atoms with Crippen LogP contribution in [0, 0.1) is 10.1 Å². The number of anilines is 1. The van der Waals surface area contributed by atoms with E-state index in [1.54, 1.807) is 0 Å². The molecule has 1 aliphatic rings. The zero-order valence-corrected chi connectivity index (χ0v) is 11.9. The molecule has 0 radical (unpaired) electrons. The van der Waals surface area contributed by atoms with Crippen LogP contribution in [0.25, 0.3) is 0 Å². The van der Waals surface area contributed by atoms with E-state index in [1.165, 1.54) is 12.1 Å². The van der Waals surface area contributed by atoms with E-state index >= 15 is 0 Å². The van der Waals surface area contributed by atoms with Crippen LogP contribution >= 0.6 is 23.2 Å². The minimum absolute atomic E-state index is 0.0103. The van der Waals surface area contributed by atoms with Crippen molar-refractivity contribution >= 4 is 40.5 Å². The van der Waals surface area contributed by atoms with E-state index in [1.807, 2.05) is 4.90 Å². The van der Waals surface area contributed by atoms with E-state index in [-0.39, 0.29) is 28.2 Å². The third-order valence-electron chi connectivity index (χ3n) is 3.29. The Kier molecular flexibility index (Phi) is 4.35. The molecule has 0 aliphatic carbocycles. The highest BCUT2D eigenvalue weighted by molar-refractivity contribution is 6.39. The zero-order chi connectivity index (χ0) is 14.9. The first-order chi connectivity index (χ1) is 9.40. The van der Waals surface area contributed by atoms with Crippen LogP contribution in [0.15, 0.2) is 12.1 Å². The number of aliphatic carboxylic acids is 1. The van der Waals surface area contributed by atoms with Crippen LogP contribution in [0.4, 0.5) is 11.4 Å². The second-order valence-electron chi connectivity index (χ2n) is 4.60. The Balaban J connectivity index is 2.37. The number of nitro benzene ring substituents is 1. The van der Waals surface area contributed by atoms with Gasteiger partial charge in [-0.3, -0.25) is 14.9 Å². The number of carboxylic acid groups (broad SMARTS) is 1. The van der Waals surface area contributed by atoms with Gasteiger partial charge in [0.15, 0.2) is 0 Å². The van der Waals surface area contributed by atoms with Crippen molar-refractivity contribution in [2.75, 3.05) is 11.4 Å². The molecule has 1 aliphatic heterocycles. The molecule has 1 saturated heterocycles. The molecular formula is C12H12Cl2N2O4. The summed E-state index contributed by atoms with van der Waals surface area (Å²) in [5.74, 6) is -0.893. The van der Waals surface area contributed by atoms with Gasteiger partial charge in [-0.25, -0.2) is 0 Å². The van der Waals surface area contributed by atoms with Crippen LogP contribution in [-0.2, 0) is 4.79 Å². The molecule has 0 bridgehead atoms. The molecular weight excluding hydrogens is 307 g/mol. The molecule has 1 fully saturated rings. The van der Waals surface area contributed by atoms with Crippen LogP contribution in [0.3, 0.4) is 0 Å². The number of non-ortho nitro benzene ring substituents is 1. The first-order valence-corrected chi connectivity index (χ1v) is 6.77. The Labute approximate surface area is 125 Å². The number of hydrogen-bond acceptors (Lipinski definition) is 4. The van der Waals surface area contributed by atoms with Gasteiger partial charge in [-0.15, -0.1) is 0 Å². The highest BCUT2D eigenvalue weighted by atomic mass is 35.5. The maximum Gasteiger partial charge on any atom is 0.305 e. The number of nitro groups is 1. The summed E-state index contributed by atoms with van der Waals surface area (Å²) in [5, 5.41) is 20.0. The molecule has 0 spiro atoms. The Morgan fingerprint density at radius 3 is 2.55 bits per heavy atom. The van der Waals surface area contributed by atoms with Crippen LogP contribution in [-0.4, -0.2) is 28.6 Å². The van der Waals surface area contributed by atoms with Gasteiger partial charge in [0.25, 0.3) is 5.69 Å². The summed E-state index contributed by atoms with van der Waals surface area (Å²) in [6.07, 6.45) is 1.56. The lowest BCUT2D eigenvalue weighted by atomic mass is 10.1. The third-order valence-corrected chi connectivity index (χ3v) is 3.86. The van der Waals surface area contributed by atoms with Crippen molar-refractivity contribution in [2.24, 2.45) is 0 Å². The van der Waals surface area contributed by atoms with E-state index in [4.69, 9.17) is 28.3 Å². The Bertz CT molecular complexity index is 541. The van der Waals surface area contributed by atoms with Gasteiger partial charge < -0.3 is 10.0 Å². The largest absolute Gasteiger partial charge is 0.481 e. The lowest BCUT2D eigenvalue weighted by molar-refractivity contribution is -0.384. The molecule has 1 heterocycles. The monoisotopic (exact) mass is 318 g/mol. The van der Waals surface area contributed by atoms with E-state index in [9.17, 15) is 14.9 Å². The molecule has 1 atom stereocenters. The molecule has 0 aromatic heterocycles. The molecule has 1 unspecified atom stereocenters. The Hall–Kier alpha value is -1.53. The van der Waals surface area contributed by atoms with Crippen LogP contribution in [0.5, 0.6) is 0 Å². The summed E-state index contributed by atoms with van der Waals surface area (Å²) in [7, 11) is 0. The average molecular weight is 319 g/mol. The first-order valence-electron chi connectivity index (χ1n) is 6.02. The summed E-state index contributed by atoms with van der Waals surface area (Å²) < 4.78 is 0. The minimum Gasteiger partial charge on any atom is -0.481 e. The number of nitrogens with zero attached hydrogens (tertiary/aromatic N) is 2. The van der Waals surface area contributed by atoms with E-state index in [0.717, 1.165) is 12.8 Å². The Morgan fingerprint density at radius 1 is 1.45 bits per heavy atom. The highest BCUT2D eigenvalue weighted by Crippen LogP contribution is 2.41. The fraction of sp³-hybridized carbons (Fsp3) is 0.417. The quantitative estimate of drug-likeness (QED) is 0.679. The van der Waals surface area contributed by atoms with Crippen molar-refractivity contribution in [1.82, 2.24) is 0 Å². The number of hydrogen-bond donors (Lipinski definition) is 1. The van der Waals surface area contributed by atoms with Crippen LogP contribution < -0.4 is 4.90 Å². The van der Waals surface area contributed by atoms with Gasteiger partial charge >= 0.3 is 5.97 Å². The van der Waals surface area contributed by atoms with Gasteiger partial charge in [0.05, 0.1) is 27.1 Å². The summed E-state index contributed by atoms with van der Waals surface area (Å²) >= 11 is 12.2. The predicted octanol–water partition coefficient (Wildman–Crippen LogP) is 3.35. The summed E-state index contributed by atoms with van der Waals surface area (Å²) in [6, 6.07) is 2.28. The standard InChI is InChI=1S/C12H12Cl2N2O4/c13-9-4-8(16(19)20)5-10(14)12(9)15-3-1-2-7(15)6-11(17)18/h4-5,7H,1-3,6H2,(H,17,18). The fourth-order valence-electron chi connectivity index (χ4n) is 2.48. The number of benzene rings is 1. The van der Waals surface area contributed by atoms with Gasteiger partial charge in [0, 0.05) is 24.7 Å². The lowest BCUT2D eigenvalue weighted by Gasteiger charge is -2.27. The van der Waals surface area contributed by atoms with Crippen molar-refractivity contribution in [3.05, 3.63) is 32.3 Å². The molecule has 20 heavy (non-hydrogen) atoms. The molecule has 1 aromatic rings. The molecule has 2 rings (SSSR count). The molecule has 0 amide bonds. The van der Waals surface area contributed by atoms with Crippen LogP contribution in [0.2, 0.25) is 10.0 Å². The Morgan fingerprint density at radius 2 is 2.05 bits per heavy atom. The third kappa shape index (κ3) is 2.96. The van der Waals surface area contributed by atoms with Gasteiger partial charge in [0.1, 0.15) is 0 Å². The first kappa shape index (κ1) is 14.9. The fourth-order valence-corrected chi connectivity index (χ4v) is 3.17. The van der Waals surface area contributed by atoms with E-state index in [0.29, 0.717) is 12.2 Å². The molecule has 1 aromatic carbocycles. The molecule has 8 heteroatoms. The molecule has 6 nitrogen and oxygen atoms in total. The van der Waals surface area contributed by atoms with Crippen molar-refractivity contribution in [3.63, 3.8) is 0 Å². The van der Waals surface area contributed by atoms with Crippen molar-refractivity contribution in [3.8, 4) is 0 Å². The highest BCUT2D eigenvalue weighted by Gasteiger charge is 2.30. The summed E-state index contributed by atoms with van der Waals surface area (Å²) in [5.41, 5.74) is 0.292. The SMILES string of the molecule is O=C(O)CC1CCCN1c1c(Cl)cc([N+](=O)[O-])cc1Cl. The predicted molar refractivity (Wildman–Crippen MR) is 75.7 cm³/mol. The van der Waals surface area contributed by atoms with Gasteiger partial charge in [0.2, 0.25) is 0 Å². The lowest BCUT2D eigenvalue weighted by Crippen LogP contribution is -2.31. The zero-order valence-electron chi connectivity index (χ0n) is 10.4. The van der Waals surface area contributed by atoms with Crippen molar-refractivity contribution in [1.29, 1.82) is 0 Å². The minimum atomic E-state index is -0.893. The van der Waals surface area contributed by atoms with E-state index in [2.05, 4.69) is 0 Å². The number of halogens is 2. The summed E-state index contributed by atoms with van der Waals surface area (Å²) in [4.78, 5) is 22.9. The molecule has 1 N–H and O–H groups in total. The molecule has 0 saturated carbocycles. The second kappa shape index (κ2) is 5.85. The van der Waals surface area contributed by atoms with Gasteiger partial charge in [-0.1, -0.05) is 23.2 Å². The summed E-state index contributed by atoms with van der Waals surface area (Å²) in [6.45, 7) is 0.634. The number of carbonyl (C=O) groups is 1. The van der Waals surface area contributed by atoms with Crippen molar-refractivity contribution in [2.45, 2.75) is 25.3 Å². The maximum absolute atomic E-state index is 10.9. The molecule has 108 valence electrons. The number of carboxylic acids is 1. The van der Waals surface area contributed by atoms with Crippen LogP contribution in [0.1, 0.15) is 19.3 Å². The van der Waals surface area contributed by atoms with E-state index < -0.39 is 10.9 Å². The maximum atomic E-state index is 10.9. The smallest absolute Gasteiger partial charge is 0.305 e. The average Bonchev–Trinajstić information content (AvgIpc) is 2.75. The second-order valence-corrected chi connectivity index (χ2v) is 5.42. The van der Waals surface area contributed by atoms with Crippen molar-refractivity contribution < 1.29 is 14.8 Å². The topological polar surface area (TPSA) is 83.7 Å².